The molecule has 1 unspecified atom stereocenters. The highest BCUT2D eigenvalue weighted by molar-refractivity contribution is 7.99. The molecule has 19 heavy (non-hydrogen) atoms. The minimum atomic E-state index is 0.741. The molecule has 1 heterocycles. The lowest BCUT2D eigenvalue weighted by Crippen LogP contribution is -2.37. The summed E-state index contributed by atoms with van der Waals surface area (Å²) in [6.45, 7) is 3.64. The van der Waals surface area contributed by atoms with E-state index in [0.717, 1.165) is 17.9 Å². The first kappa shape index (κ1) is 13.5. The molecule has 104 valence electrons. The molecular weight excluding hydrogens is 250 g/mol. The van der Waals surface area contributed by atoms with Crippen molar-refractivity contribution in [2.75, 3.05) is 19.3 Å². The van der Waals surface area contributed by atoms with E-state index in [4.69, 9.17) is 0 Å². The van der Waals surface area contributed by atoms with Gasteiger partial charge in [0, 0.05) is 29.2 Å². The zero-order chi connectivity index (χ0) is 13.2. The van der Waals surface area contributed by atoms with Gasteiger partial charge in [0.2, 0.25) is 0 Å². The fourth-order valence-electron chi connectivity index (χ4n) is 3.56. The molecular formula is C17H25NS. The van der Waals surface area contributed by atoms with E-state index in [1.165, 1.54) is 42.9 Å². The number of likely N-dealkylation sites (N-methyl/N-ethyl adjacent to an activating group) is 1. The smallest absolute Gasteiger partial charge is 0.0108 e. The highest BCUT2D eigenvalue weighted by atomic mass is 32.2. The Morgan fingerprint density at radius 1 is 1.16 bits per heavy atom. The number of fused-ring (bicyclic) bond motifs is 1. The molecule has 2 heteroatoms. The standard InChI is InChI=1S/C17H25NS/c1-13-7-9-15(10-8-13)18(2)11-14-12-19-17-6-4-3-5-16(14)17/h3-6,13-15H,7-12H2,1-2H3. The minimum Gasteiger partial charge on any atom is -0.303 e. The van der Waals surface area contributed by atoms with E-state index in [2.05, 4.69) is 43.1 Å². The van der Waals surface area contributed by atoms with Crippen molar-refractivity contribution < 1.29 is 0 Å². The molecule has 1 aliphatic heterocycles. The number of hydrogen-bond acceptors (Lipinski definition) is 2. The minimum absolute atomic E-state index is 0.741. The van der Waals surface area contributed by atoms with Gasteiger partial charge < -0.3 is 4.90 Å². The Kier molecular flexibility index (Phi) is 4.18. The van der Waals surface area contributed by atoms with Crippen molar-refractivity contribution in [1.82, 2.24) is 4.90 Å². The molecule has 1 nitrogen and oxygen atoms in total. The second-order valence-corrected chi connectivity index (χ2v) is 7.46. The third-order valence-electron chi connectivity index (χ3n) is 4.92. The molecule has 1 aliphatic carbocycles. The van der Waals surface area contributed by atoms with E-state index >= 15 is 0 Å². The molecule has 1 fully saturated rings. The summed E-state index contributed by atoms with van der Waals surface area (Å²) in [6.07, 6.45) is 5.65. The molecule has 2 aliphatic rings. The molecule has 1 saturated carbocycles. The Bertz CT molecular complexity index is 423. The monoisotopic (exact) mass is 275 g/mol. The number of thioether (sulfide) groups is 1. The summed E-state index contributed by atoms with van der Waals surface area (Å²) in [5.41, 5.74) is 1.59. The predicted molar refractivity (Wildman–Crippen MR) is 84.0 cm³/mol. The molecule has 0 saturated heterocycles. The van der Waals surface area contributed by atoms with E-state index in [0.29, 0.717) is 0 Å². The molecule has 0 bridgehead atoms. The van der Waals surface area contributed by atoms with Crippen LogP contribution in [0, 0.1) is 5.92 Å². The van der Waals surface area contributed by atoms with E-state index in [1.807, 2.05) is 11.8 Å². The van der Waals surface area contributed by atoms with E-state index < -0.39 is 0 Å². The SMILES string of the molecule is CC1CCC(N(C)CC2CSc3ccccc32)CC1. The summed E-state index contributed by atoms with van der Waals surface area (Å²) in [5.74, 6) is 2.96. The molecule has 0 amide bonds. The lowest BCUT2D eigenvalue weighted by molar-refractivity contribution is 0.165. The first-order valence-electron chi connectivity index (χ1n) is 7.66. The molecule has 0 aromatic heterocycles. The highest BCUT2D eigenvalue weighted by Crippen LogP contribution is 2.40. The number of hydrogen-bond donors (Lipinski definition) is 0. The molecule has 0 N–H and O–H groups in total. The normalized spacial score (nSPS) is 30.6. The zero-order valence-electron chi connectivity index (χ0n) is 12.1. The molecule has 0 radical (unpaired) electrons. The Morgan fingerprint density at radius 3 is 2.68 bits per heavy atom. The highest BCUT2D eigenvalue weighted by Gasteiger charge is 2.27. The van der Waals surface area contributed by atoms with Gasteiger partial charge in [0.15, 0.2) is 0 Å². The number of nitrogens with zero attached hydrogens (tertiary/aromatic N) is 1. The van der Waals surface area contributed by atoms with Gasteiger partial charge in [-0.15, -0.1) is 11.8 Å². The second-order valence-electron chi connectivity index (χ2n) is 6.40. The average Bonchev–Trinajstić information content (AvgIpc) is 2.83. The third kappa shape index (κ3) is 3.00. The maximum Gasteiger partial charge on any atom is 0.0108 e. The van der Waals surface area contributed by atoms with Crippen molar-refractivity contribution in [3.05, 3.63) is 29.8 Å². The van der Waals surface area contributed by atoms with Crippen LogP contribution in [-0.2, 0) is 0 Å². The van der Waals surface area contributed by atoms with Crippen molar-refractivity contribution in [3.8, 4) is 0 Å². The van der Waals surface area contributed by atoms with Gasteiger partial charge in [-0.3, -0.25) is 0 Å². The topological polar surface area (TPSA) is 3.24 Å². The molecule has 0 spiro atoms. The van der Waals surface area contributed by atoms with E-state index in [1.54, 1.807) is 5.56 Å². The van der Waals surface area contributed by atoms with Crippen LogP contribution < -0.4 is 0 Å². The van der Waals surface area contributed by atoms with Gasteiger partial charge in [-0.2, -0.15) is 0 Å². The first-order valence-corrected chi connectivity index (χ1v) is 8.64. The lowest BCUT2D eigenvalue weighted by atomic mass is 9.86. The van der Waals surface area contributed by atoms with Gasteiger partial charge in [-0.05, 0) is 50.3 Å². The molecule has 3 rings (SSSR count). The molecule has 1 atom stereocenters. The van der Waals surface area contributed by atoms with Crippen molar-refractivity contribution >= 4 is 11.8 Å². The van der Waals surface area contributed by atoms with Gasteiger partial charge in [-0.25, -0.2) is 0 Å². The Labute approximate surface area is 121 Å². The van der Waals surface area contributed by atoms with Gasteiger partial charge in [0.05, 0.1) is 0 Å². The lowest BCUT2D eigenvalue weighted by Gasteiger charge is -2.35. The predicted octanol–water partition coefficient (Wildman–Crippen LogP) is 4.39. The van der Waals surface area contributed by atoms with Crippen molar-refractivity contribution in [3.63, 3.8) is 0 Å². The van der Waals surface area contributed by atoms with E-state index in [-0.39, 0.29) is 0 Å². The summed E-state index contributed by atoms with van der Waals surface area (Å²) in [4.78, 5) is 4.15. The quantitative estimate of drug-likeness (QED) is 0.805. The first-order chi connectivity index (χ1) is 9.24. The maximum atomic E-state index is 2.64. The second kappa shape index (κ2) is 5.88. The number of rotatable bonds is 3. The van der Waals surface area contributed by atoms with E-state index in [9.17, 15) is 0 Å². The van der Waals surface area contributed by atoms with Crippen molar-refractivity contribution in [2.24, 2.45) is 5.92 Å². The van der Waals surface area contributed by atoms with Crippen LogP contribution in [0.3, 0.4) is 0 Å². The van der Waals surface area contributed by atoms with Crippen molar-refractivity contribution in [2.45, 2.75) is 49.5 Å². The number of benzene rings is 1. The third-order valence-corrected chi connectivity index (χ3v) is 6.17. The van der Waals surface area contributed by atoms with Crippen LogP contribution in [0.2, 0.25) is 0 Å². The Balaban J connectivity index is 1.60. The fraction of sp³-hybridized carbons (Fsp3) is 0.647. The van der Waals surface area contributed by atoms with Gasteiger partial charge in [0.25, 0.3) is 0 Å². The van der Waals surface area contributed by atoms with Crippen LogP contribution in [0.4, 0.5) is 0 Å². The Morgan fingerprint density at radius 2 is 1.89 bits per heavy atom. The van der Waals surface area contributed by atoms with Crippen molar-refractivity contribution in [1.29, 1.82) is 0 Å². The molecule has 1 aromatic carbocycles. The van der Waals surface area contributed by atoms with Crippen LogP contribution in [-0.4, -0.2) is 30.3 Å². The summed E-state index contributed by atoms with van der Waals surface area (Å²) < 4.78 is 0. The van der Waals surface area contributed by atoms with Crippen LogP contribution in [0.5, 0.6) is 0 Å². The largest absolute Gasteiger partial charge is 0.303 e. The van der Waals surface area contributed by atoms with Gasteiger partial charge >= 0.3 is 0 Å². The summed E-state index contributed by atoms with van der Waals surface area (Å²) in [5, 5.41) is 0. The van der Waals surface area contributed by atoms with Crippen LogP contribution in [0.25, 0.3) is 0 Å². The zero-order valence-corrected chi connectivity index (χ0v) is 13.0. The summed E-state index contributed by atoms with van der Waals surface area (Å²) in [7, 11) is 2.34. The summed E-state index contributed by atoms with van der Waals surface area (Å²) >= 11 is 2.04. The summed E-state index contributed by atoms with van der Waals surface area (Å²) in [6, 6.07) is 9.80. The van der Waals surface area contributed by atoms with Crippen LogP contribution >= 0.6 is 11.8 Å². The Hall–Kier alpha value is -0.470. The van der Waals surface area contributed by atoms with Crippen LogP contribution in [0.15, 0.2) is 29.2 Å². The maximum absolute atomic E-state index is 2.64. The fourth-order valence-corrected chi connectivity index (χ4v) is 4.80. The van der Waals surface area contributed by atoms with Gasteiger partial charge in [-0.1, -0.05) is 25.1 Å². The molecule has 1 aromatic rings. The van der Waals surface area contributed by atoms with Crippen LogP contribution in [0.1, 0.15) is 44.1 Å². The average molecular weight is 275 g/mol. The van der Waals surface area contributed by atoms with Gasteiger partial charge in [0.1, 0.15) is 0 Å².